The lowest BCUT2D eigenvalue weighted by atomic mass is 9.97. The molecule has 1 fully saturated rings. The molecule has 1 saturated heterocycles. The van der Waals surface area contributed by atoms with Crippen LogP contribution in [0, 0.1) is 30.3 Å². The highest BCUT2D eigenvalue weighted by atomic mass is 19.2. The fourth-order valence-electron chi connectivity index (χ4n) is 4.20. The van der Waals surface area contributed by atoms with Crippen molar-refractivity contribution in [2.75, 3.05) is 31.2 Å². The summed E-state index contributed by atoms with van der Waals surface area (Å²) in [6.45, 7) is 3.93. The largest absolute Gasteiger partial charge is 0.382 e. The van der Waals surface area contributed by atoms with E-state index in [2.05, 4.69) is 19.9 Å². The Labute approximate surface area is 197 Å². The van der Waals surface area contributed by atoms with Gasteiger partial charge >= 0.3 is 0 Å². The second kappa shape index (κ2) is 9.20. The zero-order valence-corrected chi connectivity index (χ0v) is 18.6. The number of aromatic nitrogens is 3. The second-order valence-electron chi connectivity index (χ2n) is 8.21. The Hall–Kier alpha value is -3.63. The molecule has 4 aromatic rings. The van der Waals surface area contributed by atoms with E-state index in [4.69, 9.17) is 4.74 Å². The molecule has 1 unspecified atom stereocenters. The topological polar surface area (TPSA) is 71.4 Å². The SMILES string of the molecule is Cc1c(C(O)c2ccc(F)c(-c3ncnc4cc(N5CCOCC5)ccc34)c2)nc(F)c(F)c1F. The van der Waals surface area contributed by atoms with Gasteiger partial charge in [0, 0.05) is 35.3 Å². The number of morpholine rings is 1. The predicted octanol–water partition coefficient (Wildman–Crippen LogP) is 4.47. The van der Waals surface area contributed by atoms with Crippen LogP contribution < -0.4 is 4.90 Å². The lowest BCUT2D eigenvalue weighted by molar-refractivity contribution is 0.122. The molecule has 0 radical (unpaired) electrons. The summed E-state index contributed by atoms with van der Waals surface area (Å²) in [7, 11) is 0. The van der Waals surface area contributed by atoms with E-state index < -0.39 is 35.2 Å². The van der Waals surface area contributed by atoms with Crippen molar-refractivity contribution in [2.45, 2.75) is 13.0 Å². The predicted molar refractivity (Wildman–Crippen MR) is 121 cm³/mol. The van der Waals surface area contributed by atoms with Crippen molar-refractivity contribution in [3.63, 3.8) is 0 Å². The van der Waals surface area contributed by atoms with Gasteiger partial charge in [-0.15, -0.1) is 0 Å². The Morgan fingerprint density at radius 1 is 0.971 bits per heavy atom. The summed E-state index contributed by atoms with van der Waals surface area (Å²) in [5.74, 6) is -5.43. The van der Waals surface area contributed by atoms with Crippen LogP contribution in [-0.4, -0.2) is 46.4 Å². The maximum absolute atomic E-state index is 14.9. The smallest absolute Gasteiger partial charge is 0.252 e. The molecule has 35 heavy (non-hydrogen) atoms. The van der Waals surface area contributed by atoms with Crippen LogP contribution in [0.4, 0.5) is 23.2 Å². The van der Waals surface area contributed by atoms with Crippen LogP contribution in [0.3, 0.4) is 0 Å². The van der Waals surface area contributed by atoms with Gasteiger partial charge in [-0.2, -0.15) is 8.78 Å². The summed E-state index contributed by atoms with van der Waals surface area (Å²) < 4.78 is 61.6. The monoisotopic (exact) mass is 484 g/mol. The third-order valence-electron chi connectivity index (χ3n) is 6.12. The van der Waals surface area contributed by atoms with Crippen LogP contribution in [0.1, 0.15) is 22.9 Å². The highest BCUT2D eigenvalue weighted by Gasteiger charge is 2.24. The van der Waals surface area contributed by atoms with Gasteiger partial charge in [-0.05, 0) is 42.8 Å². The van der Waals surface area contributed by atoms with Gasteiger partial charge in [-0.1, -0.05) is 6.07 Å². The van der Waals surface area contributed by atoms with Crippen LogP contribution in [0.5, 0.6) is 0 Å². The fraction of sp³-hybridized carbons (Fsp3) is 0.240. The average Bonchev–Trinajstić information content (AvgIpc) is 2.89. The highest BCUT2D eigenvalue weighted by molar-refractivity contribution is 5.94. The molecule has 2 aromatic carbocycles. The Kier molecular flexibility index (Phi) is 6.08. The van der Waals surface area contributed by atoms with E-state index in [9.17, 15) is 22.7 Å². The standard InChI is InChI=1S/C25H20F4N4O2/c1-13-20(27)21(28)25(29)32-22(13)24(34)14-2-5-18(26)17(10-14)23-16-4-3-15(11-19(16)30-12-31-23)33-6-8-35-9-7-33/h2-5,10-12,24,34H,6-9H2,1H3. The number of anilines is 1. The van der Waals surface area contributed by atoms with E-state index in [0.717, 1.165) is 24.8 Å². The molecular formula is C25H20F4N4O2. The maximum Gasteiger partial charge on any atom is 0.252 e. The number of benzene rings is 2. The van der Waals surface area contributed by atoms with E-state index >= 15 is 0 Å². The Bertz CT molecular complexity index is 1430. The number of ether oxygens (including phenoxy) is 1. The summed E-state index contributed by atoms with van der Waals surface area (Å²) in [6, 6.07) is 9.31. The summed E-state index contributed by atoms with van der Waals surface area (Å²) in [5.41, 5.74) is 1.28. The summed E-state index contributed by atoms with van der Waals surface area (Å²) in [5, 5.41) is 11.4. The van der Waals surface area contributed by atoms with Gasteiger partial charge < -0.3 is 14.7 Å². The number of hydrogen-bond acceptors (Lipinski definition) is 6. The lowest BCUT2D eigenvalue weighted by Crippen LogP contribution is -2.36. The number of rotatable bonds is 4. The number of fused-ring (bicyclic) bond motifs is 1. The zero-order chi connectivity index (χ0) is 24.7. The van der Waals surface area contributed by atoms with Gasteiger partial charge in [0.25, 0.3) is 5.95 Å². The van der Waals surface area contributed by atoms with Crippen LogP contribution in [0.25, 0.3) is 22.2 Å². The molecule has 10 heteroatoms. The lowest BCUT2D eigenvalue weighted by Gasteiger charge is -2.29. The normalized spacial score (nSPS) is 15.0. The van der Waals surface area contributed by atoms with E-state index in [0.29, 0.717) is 24.1 Å². The van der Waals surface area contributed by atoms with Crippen LogP contribution in [-0.2, 0) is 4.74 Å². The Morgan fingerprint density at radius 2 is 1.74 bits per heavy atom. The van der Waals surface area contributed by atoms with Crippen LogP contribution in [0.2, 0.25) is 0 Å². The van der Waals surface area contributed by atoms with Gasteiger partial charge in [-0.3, -0.25) is 0 Å². The molecule has 6 nitrogen and oxygen atoms in total. The maximum atomic E-state index is 14.9. The third-order valence-corrected chi connectivity index (χ3v) is 6.12. The number of hydrogen-bond donors (Lipinski definition) is 1. The first-order valence-electron chi connectivity index (χ1n) is 10.9. The molecule has 1 N–H and O–H groups in total. The molecule has 0 spiro atoms. The summed E-state index contributed by atoms with van der Waals surface area (Å²) in [4.78, 5) is 14.1. The molecule has 180 valence electrons. The molecule has 2 aromatic heterocycles. The molecule has 0 bridgehead atoms. The van der Waals surface area contributed by atoms with Crippen molar-refractivity contribution in [3.05, 3.63) is 82.9 Å². The van der Waals surface area contributed by atoms with Crippen molar-refractivity contribution in [3.8, 4) is 11.3 Å². The van der Waals surface area contributed by atoms with Gasteiger partial charge in [0.05, 0.1) is 30.1 Å². The number of nitrogens with zero attached hydrogens (tertiary/aromatic N) is 4. The summed E-state index contributed by atoms with van der Waals surface area (Å²) >= 11 is 0. The van der Waals surface area contributed by atoms with Crippen molar-refractivity contribution >= 4 is 16.6 Å². The Morgan fingerprint density at radius 3 is 2.51 bits per heavy atom. The molecule has 0 amide bonds. The van der Waals surface area contributed by atoms with Crippen LogP contribution in [0.15, 0.2) is 42.7 Å². The second-order valence-corrected chi connectivity index (χ2v) is 8.21. The van der Waals surface area contributed by atoms with Crippen molar-refractivity contribution in [1.29, 1.82) is 0 Å². The quantitative estimate of drug-likeness (QED) is 0.340. The number of halogens is 4. The van der Waals surface area contributed by atoms with Crippen molar-refractivity contribution in [2.24, 2.45) is 0 Å². The fourth-order valence-corrected chi connectivity index (χ4v) is 4.20. The highest BCUT2D eigenvalue weighted by Crippen LogP contribution is 2.34. The number of pyridine rings is 1. The molecule has 1 atom stereocenters. The summed E-state index contributed by atoms with van der Waals surface area (Å²) in [6.07, 6.45) is -0.306. The molecule has 5 rings (SSSR count). The first-order chi connectivity index (χ1) is 16.8. The molecule has 1 aliphatic heterocycles. The number of aliphatic hydroxyl groups is 1. The Balaban J connectivity index is 1.57. The minimum atomic E-state index is -1.72. The molecule has 3 heterocycles. The van der Waals surface area contributed by atoms with Gasteiger partial charge in [0.1, 0.15) is 18.2 Å². The van der Waals surface area contributed by atoms with E-state index in [1.165, 1.54) is 25.4 Å². The first kappa shape index (κ1) is 23.1. The van der Waals surface area contributed by atoms with Crippen LogP contribution >= 0.6 is 0 Å². The number of aliphatic hydroxyl groups excluding tert-OH is 1. The van der Waals surface area contributed by atoms with E-state index in [1.54, 1.807) is 6.07 Å². The van der Waals surface area contributed by atoms with Crippen molar-refractivity contribution in [1.82, 2.24) is 15.0 Å². The zero-order valence-electron chi connectivity index (χ0n) is 18.6. The van der Waals surface area contributed by atoms with E-state index in [1.807, 2.05) is 12.1 Å². The minimum absolute atomic E-state index is 0.0637. The molecule has 0 aliphatic carbocycles. The van der Waals surface area contributed by atoms with E-state index in [-0.39, 0.29) is 22.4 Å². The van der Waals surface area contributed by atoms with Crippen molar-refractivity contribution < 1.29 is 27.4 Å². The first-order valence-corrected chi connectivity index (χ1v) is 10.9. The van der Waals surface area contributed by atoms with Gasteiger partial charge in [-0.25, -0.2) is 23.7 Å². The minimum Gasteiger partial charge on any atom is -0.382 e. The van der Waals surface area contributed by atoms with Gasteiger partial charge in [0.2, 0.25) is 5.82 Å². The molecular weight excluding hydrogens is 464 g/mol. The average molecular weight is 484 g/mol. The molecule has 1 aliphatic rings. The third kappa shape index (κ3) is 4.19. The molecule has 0 saturated carbocycles. The van der Waals surface area contributed by atoms with Gasteiger partial charge in [0.15, 0.2) is 5.82 Å².